The van der Waals surface area contributed by atoms with Crippen LogP contribution in [0.5, 0.6) is 0 Å². The first-order valence-corrected chi connectivity index (χ1v) is 11.5. The summed E-state index contributed by atoms with van der Waals surface area (Å²) in [5, 5.41) is 0. The molecule has 4 rings (SSSR count). The van der Waals surface area contributed by atoms with Gasteiger partial charge in [0.25, 0.3) is 0 Å². The fourth-order valence-corrected chi connectivity index (χ4v) is 6.38. The van der Waals surface area contributed by atoms with Crippen molar-refractivity contribution in [3.05, 3.63) is 24.3 Å². The fourth-order valence-electron chi connectivity index (χ4n) is 4.62. The topological polar surface area (TPSA) is 84.0 Å². The number of benzene rings is 1. The van der Waals surface area contributed by atoms with Crippen LogP contribution >= 0.6 is 0 Å². The summed E-state index contributed by atoms with van der Waals surface area (Å²) < 4.78 is 33.4. The summed E-state index contributed by atoms with van der Waals surface area (Å²) >= 11 is 0. The molecular formula is C20H26N2O5S. The normalized spacial score (nSPS) is 23.6. The maximum atomic E-state index is 13.4. The number of amides is 1. The lowest BCUT2D eigenvalue weighted by Gasteiger charge is -2.45. The molecule has 0 radical (unpaired) electrons. The predicted octanol–water partition coefficient (Wildman–Crippen LogP) is 2.45. The molecule has 0 bridgehead atoms. The molecule has 1 aromatic carbocycles. The van der Waals surface area contributed by atoms with Gasteiger partial charge in [-0.15, -0.1) is 0 Å². The summed E-state index contributed by atoms with van der Waals surface area (Å²) in [4.78, 5) is 26.6. The molecule has 2 aliphatic heterocycles. The summed E-state index contributed by atoms with van der Waals surface area (Å²) in [6.45, 7) is 0.923. The lowest BCUT2D eigenvalue weighted by atomic mass is 9.81. The average molecular weight is 407 g/mol. The zero-order valence-electron chi connectivity index (χ0n) is 15.9. The smallest absolute Gasteiger partial charge is 0.327 e. The number of sulfonamides is 1. The minimum Gasteiger partial charge on any atom is -0.463 e. The molecule has 0 unspecified atom stereocenters. The standard InChI is InChI=1S/C20H26N2O5S/c23-18-6-2-5-13-21(18)16-7-9-17(10-8-16)28(25,26)22-14-15-27-19(24)20(22)11-3-1-4-12-20/h7-10H,1-6,11-15H2. The van der Waals surface area contributed by atoms with Gasteiger partial charge >= 0.3 is 5.97 Å². The Bertz CT molecular complexity index is 859. The van der Waals surface area contributed by atoms with Crippen molar-refractivity contribution in [2.45, 2.75) is 61.8 Å². The highest BCUT2D eigenvalue weighted by molar-refractivity contribution is 7.89. The molecule has 2 saturated heterocycles. The van der Waals surface area contributed by atoms with E-state index in [1.54, 1.807) is 29.2 Å². The number of cyclic esters (lactones) is 1. The van der Waals surface area contributed by atoms with Gasteiger partial charge < -0.3 is 9.64 Å². The van der Waals surface area contributed by atoms with Crippen molar-refractivity contribution in [3.8, 4) is 0 Å². The average Bonchev–Trinajstić information content (AvgIpc) is 2.71. The Labute approximate surface area is 165 Å². The van der Waals surface area contributed by atoms with Crippen LogP contribution in [0, 0.1) is 0 Å². The SMILES string of the molecule is O=C1CCCCN1c1ccc(S(=O)(=O)N2CCOC(=O)C23CCCCC3)cc1. The van der Waals surface area contributed by atoms with Crippen LogP contribution in [0.1, 0.15) is 51.4 Å². The van der Waals surface area contributed by atoms with Crippen LogP contribution in [-0.2, 0) is 24.3 Å². The molecule has 3 aliphatic rings. The Morgan fingerprint density at radius 2 is 1.61 bits per heavy atom. The van der Waals surface area contributed by atoms with E-state index in [4.69, 9.17) is 4.74 Å². The molecule has 8 heteroatoms. The highest BCUT2D eigenvalue weighted by Gasteiger charge is 2.53. The van der Waals surface area contributed by atoms with Crippen molar-refractivity contribution >= 4 is 27.6 Å². The van der Waals surface area contributed by atoms with Crippen molar-refractivity contribution in [3.63, 3.8) is 0 Å². The van der Waals surface area contributed by atoms with E-state index < -0.39 is 21.5 Å². The fraction of sp³-hybridized carbons (Fsp3) is 0.600. The molecule has 2 heterocycles. The Morgan fingerprint density at radius 3 is 2.29 bits per heavy atom. The van der Waals surface area contributed by atoms with Gasteiger partial charge in [-0.05, 0) is 49.9 Å². The first-order valence-electron chi connectivity index (χ1n) is 10.1. The number of nitrogens with zero attached hydrogens (tertiary/aromatic N) is 2. The number of esters is 1. The number of ether oxygens (including phenoxy) is 1. The van der Waals surface area contributed by atoms with E-state index >= 15 is 0 Å². The molecule has 0 aromatic heterocycles. The van der Waals surface area contributed by atoms with Crippen molar-refractivity contribution in [2.24, 2.45) is 0 Å². The molecule has 28 heavy (non-hydrogen) atoms. The molecule has 0 atom stereocenters. The molecule has 3 fully saturated rings. The Kier molecular flexibility index (Phi) is 5.18. The van der Waals surface area contributed by atoms with Gasteiger partial charge in [0.1, 0.15) is 12.1 Å². The lowest BCUT2D eigenvalue weighted by molar-refractivity contribution is -0.165. The summed E-state index contributed by atoms with van der Waals surface area (Å²) in [7, 11) is -3.83. The molecule has 1 amide bonds. The summed E-state index contributed by atoms with van der Waals surface area (Å²) in [6, 6.07) is 6.46. The minimum absolute atomic E-state index is 0.0711. The number of carbonyl (C=O) groups excluding carboxylic acids is 2. The quantitative estimate of drug-likeness (QED) is 0.720. The highest BCUT2D eigenvalue weighted by Crippen LogP contribution is 2.40. The van der Waals surface area contributed by atoms with E-state index in [9.17, 15) is 18.0 Å². The second-order valence-electron chi connectivity index (χ2n) is 7.80. The molecule has 1 saturated carbocycles. The first-order chi connectivity index (χ1) is 13.4. The third-order valence-electron chi connectivity index (χ3n) is 6.13. The third-order valence-corrected chi connectivity index (χ3v) is 8.11. The second kappa shape index (κ2) is 7.48. The van der Waals surface area contributed by atoms with Crippen molar-refractivity contribution in [1.29, 1.82) is 0 Å². The number of hydrogen-bond donors (Lipinski definition) is 0. The third kappa shape index (κ3) is 3.22. The zero-order chi connectivity index (χ0) is 19.8. The van der Waals surface area contributed by atoms with Gasteiger partial charge in [-0.2, -0.15) is 4.31 Å². The largest absolute Gasteiger partial charge is 0.463 e. The van der Waals surface area contributed by atoms with Crippen molar-refractivity contribution < 1.29 is 22.7 Å². The number of morpholine rings is 1. The van der Waals surface area contributed by atoms with Crippen LogP contribution < -0.4 is 4.90 Å². The number of anilines is 1. The number of hydrogen-bond acceptors (Lipinski definition) is 5. The van der Waals surface area contributed by atoms with Crippen molar-refractivity contribution in [2.75, 3.05) is 24.6 Å². The van der Waals surface area contributed by atoms with Gasteiger partial charge in [0.2, 0.25) is 15.9 Å². The zero-order valence-corrected chi connectivity index (χ0v) is 16.7. The molecular weight excluding hydrogens is 380 g/mol. The molecule has 152 valence electrons. The molecule has 1 aromatic rings. The van der Waals surface area contributed by atoms with E-state index in [0.29, 0.717) is 31.5 Å². The monoisotopic (exact) mass is 406 g/mol. The van der Waals surface area contributed by atoms with E-state index in [-0.39, 0.29) is 24.0 Å². The Morgan fingerprint density at radius 1 is 0.893 bits per heavy atom. The van der Waals surface area contributed by atoms with Gasteiger partial charge in [0, 0.05) is 25.2 Å². The van der Waals surface area contributed by atoms with Crippen LogP contribution in [-0.4, -0.2) is 49.8 Å². The van der Waals surface area contributed by atoms with E-state index in [1.807, 2.05) is 0 Å². The predicted molar refractivity (Wildman–Crippen MR) is 103 cm³/mol. The summed E-state index contributed by atoms with van der Waals surface area (Å²) in [6.07, 6.45) is 6.02. The minimum atomic E-state index is -3.83. The van der Waals surface area contributed by atoms with E-state index in [0.717, 1.165) is 32.1 Å². The van der Waals surface area contributed by atoms with Crippen molar-refractivity contribution in [1.82, 2.24) is 4.31 Å². The van der Waals surface area contributed by atoms with Crippen LogP contribution in [0.3, 0.4) is 0 Å². The van der Waals surface area contributed by atoms with Crippen LogP contribution in [0.4, 0.5) is 5.69 Å². The van der Waals surface area contributed by atoms with Gasteiger partial charge in [-0.1, -0.05) is 19.3 Å². The van der Waals surface area contributed by atoms with Gasteiger partial charge in [0.05, 0.1) is 4.90 Å². The lowest BCUT2D eigenvalue weighted by Crippen LogP contribution is -2.62. The molecule has 1 aliphatic carbocycles. The Balaban J connectivity index is 1.63. The van der Waals surface area contributed by atoms with Gasteiger partial charge in [-0.25, -0.2) is 8.42 Å². The molecule has 1 spiro atoms. The highest BCUT2D eigenvalue weighted by atomic mass is 32.2. The van der Waals surface area contributed by atoms with Crippen LogP contribution in [0.15, 0.2) is 29.2 Å². The van der Waals surface area contributed by atoms with E-state index in [2.05, 4.69) is 0 Å². The van der Waals surface area contributed by atoms with Crippen LogP contribution in [0.2, 0.25) is 0 Å². The van der Waals surface area contributed by atoms with E-state index in [1.165, 1.54) is 4.31 Å². The van der Waals surface area contributed by atoms with Crippen LogP contribution in [0.25, 0.3) is 0 Å². The maximum Gasteiger partial charge on any atom is 0.327 e. The second-order valence-corrected chi connectivity index (χ2v) is 9.66. The first kappa shape index (κ1) is 19.4. The molecule has 7 nitrogen and oxygen atoms in total. The number of rotatable bonds is 3. The van der Waals surface area contributed by atoms with Gasteiger partial charge in [0.15, 0.2) is 0 Å². The maximum absolute atomic E-state index is 13.4. The number of carbonyl (C=O) groups is 2. The number of piperidine rings is 1. The summed E-state index contributed by atoms with van der Waals surface area (Å²) in [5.74, 6) is -0.348. The summed E-state index contributed by atoms with van der Waals surface area (Å²) in [5.41, 5.74) is -0.356. The van der Waals surface area contributed by atoms with Gasteiger partial charge in [-0.3, -0.25) is 9.59 Å². The molecule has 0 N–H and O–H groups in total. The Hall–Kier alpha value is -1.93.